The highest BCUT2D eigenvalue weighted by Crippen LogP contribution is 2.23. The van der Waals surface area contributed by atoms with E-state index in [0.29, 0.717) is 24.4 Å². The number of allylic oxidation sites excluding steroid dienone is 1. The number of nitrogens with zero attached hydrogens (tertiary/aromatic N) is 1. The van der Waals surface area contributed by atoms with Gasteiger partial charge >= 0.3 is 0 Å². The molecule has 0 radical (unpaired) electrons. The third kappa shape index (κ3) is 4.20. The number of aliphatic hydroxyl groups excluding tert-OH is 1. The van der Waals surface area contributed by atoms with Crippen LogP contribution in [0.3, 0.4) is 0 Å². The van der Waals surface area contributed by atoms with Gasteiger partial charge in [-0.15, -0.1) is 0 Å². The molecule has 0 atom stereocenters. The number of aryl methyl sites for hydroxylation is 1. The number of hydrogen-bond donors (Lipinski definition) is 1. The minimum Gasteiger partial charge on any atom is -0.384 e. The fourth-order valence-corrected chi connectivity index (χ4v) is 3.63. The van der Waals surface area contributed by atoms with Crippen molar-refractivity contribution in [1.82, 2.24) is 4.31 Å². The van der Waals surface area contributed by atoms with E-state index in [0.717, 1.165) is 24.0 Å². The molecule has 1 aliphatic rings. The smallest absolute Gasteiger partial charge is 0.243 e. The van der Waals surface area contributed by atoms with Crippen LogP contribution in [-0.4, -0.2) is 37.5 Å². The number of hydrogen-bond acceptors (Lipinski definition) is 3. The predicted octanol–water partition coefficient (Wildman–Crippen LogP) is 2.09. The van der Waals surface area contributed by atoms with Gasteiger partial charge < -0.3 is 5.11 Å². The lowest BCUT2D eigenvalue weighted by Crippen LogP contribution is -2.34. The fourth-order valence-electron chi connectivity index (χ4n) is 2.19. The number of sulfonamides is 1. The van der Waals surface area contributed by atoms with E-state index in [-0.39, 0.29) is 6.61 Å². The molecule has 0 saturated heterocycles. The highest BCUT2D eigenvalue weighted by Gasteiger charge is 2.25. The summed E-state index contributed by atoms with van der Waals surface area (Å²) in [6.45, 7) is 2.49. The van der Waals surface area contributed by atoms with E-state index in [4.69, 9.17) is 5.11 Å². The van der Waals surface area contributed by atoms with Crippen LogP contribution < -0.4 is 0 Å². The Morgan fingerprint density at radius 3 is 2.45 bits per heavy atom. The Morgan fingerprint density at radius 1 is 1.23 bits per heavy atom. The number of rotatable bonds is 6. The van der Waals surface area contributed by atoms with Crippen molar-refractivity contribution in [2.24, 2.45) is 0 Å². The summed E-state index contributed by atoms with van der Waals surface area (Å²) in [6.07, 6.45) is 4.48. The molecule has 118 valence electrons. The number of benzene rings is 1. The summed E-state index contributed by atoms with van der Waals surface area (Å²) in [4.78, 5) is 0.313. The summed E-state index contributed by atoms with van der Waals surface area (Å²) in [5, 5.41) is 8.67. The van der Waals surface area contributed by atoms with Gasteiger partial charge in [0.05, 0.1) is 4.90 Å². The van der Waals surface area contributed by atoms with Crippen LogP contribution in [0, 0.1) is 18.8 Å². The van der Waals surface area contributed by atoms with E-state index in [2.05, 4.69) is 17.9 Å². The Hall–Kier alpha value is -1.61. The molecule has 1 aromatic rings. The molecule has 0 spiro atoms. The molecule has 1 aromatic carbocycles. The molecule has 5 heteroatoms. The van der Waals surface area contributed by atoms with Crippen molar-refractivity contribution < 1.29 is 13.5 Å². The molecular formula is C17H21NO3S. The Morgan fingerprint density at radius 2 is 1.91 bits per heavy atom. The number of aliphatic hydroxyl groups is 1. The third-order valence-electron chi connectivity index (χ3n) is 3.63. The zero-order valence-corrected chi connectivity index (χ0v) is 13.6. The zero-order valence-electron chi connectivity index (χ0n) is 12.7. The standard InChI is InChI=1S/C17H21NO3S/c1-15-8-10-17(11-9-15)22(20,21)18(12-3-2-4-13-19)14-16-6-5-7-16/h6,8-11,19H,3,5,7,12-14H2,1H3. The summed E-state index contributed by atoms with van der Waals surface area (Å²) in [5.41, 5.74) is 2.19. The van der Waals surface area contributed by atoms with Crippen LogP contribution in [0.1, 0.15) is 24.8 Å². The fraction of sp³-hybridized carbons (Fsp3) is 0.412. The van der Waals surface area contributed by atoms with Crippen molar-refractivity contribution in [3.8, 4) is 11.8 Å². The normalized spacial score (nSPS) is 14.0. The molecule has 1 N–H and O–H groups in total. The van der Waals surface area contributed by atoms with Gasteiger partial charge in [-0.1, -0.05) is 41.2 Å². The molecule has 0 unspecified atom stereocenters. The van der Waals surface area contributed by atoms with E-state index in [9.17, 15) is 8.42 Å². The first-order chi connectivity index (χ1) is 10.5. The summed E-state index contributed by atoms with van der Waals surface area (Å²) < 4.78 is 27.0. The van der Waals surface area contributed by atoms with E-state index < -0.39 is 10.0 Å². The summed E-state index contributed by atoms with van der Waals surface area (Å²) >= 11 is 0. The molecule has 0 aliphatic heterocycles. The van der Waals surface area contributed by atoms with Gasteiger partial charge in [0, 0.05) is 19.5 Å². The minimum absolute atomic E-state index is 0.199. The quantitative estimate of drug-likeness (QED) is 0.645. The van der Waals surface area contributed by atoms with E-state index in [1.807, 2.05) is 6.92 Å². The van der Waals surface area contributed by atoms with Crippen molar-refractivity contribution in [1.29, 1.82) is 0 Å². The highest BCUT2D eigenvalue weighted by molar-refractivity contribution is 7.89. The van der Waals surface area contributed by atoms with Gasteiger partial charge in [-0.2, -0.15) is 4.31 Å². The van der Waals surface area contributed by atoms with Crippen LogP contribution in [-0.2, 0) is 10.0 Å². The first-order valence-electron chi connectivity index (χ1n) is 7.35. The average molecular weight is 319 g/mol. The molecule has 1 aliphatic carbocycles. The zero-order chi connectivity index (χ0) is 16.0. The summed E-state index contributed by atoms with van der Waals surface area (Å²) in [7, 11) is -3.51. The maximum absolute atomic E-state index is 12.8. The first kappa shape index (κ1) is 16.8. The molecule has 2 rings (SSSR count). The van der Waals surface area contributed by atoms with Gasteiger partial charge in [-0.05, 0) is 31.9 Å². The monoisotopic (exact) mass is 319 g/mol. The lowest BCUT2D eigenvalue weighted by Gasteiger charge is -2.25. The molecule has 0 amide bonds. The van der Waals surface area contributed by atoms with Crippen molar-refractivity contribution in [2.45, 2.75) is 31.1 Å². The van der Waals surface area contributed by atoms with Crippen LogP contribution in [0.25, 0.3) is 0 Å². The average Bonchev–Trinajstić information content (AvgIpc) is 2.45. The SMILES string of the molecule is Cc1ccc(S(=O)(=O)N(CCC#CCO)CC2=CCC2)cc1. The summed E-state index contributed by atoms with van der Waals surface area (Å²) in [5.74, 6) is 5.33. The van der Waals surface area contributed by atoms with Crippen molar-refractivity contribution in [3.05, 3.63) is 41.5 Å². The van der Waals surface area contributed by atoms with Crippen LogP contribution >= 0.6 is 0 Å². The minimum atomic E-state index is -3.51. The molecule has 22 heavy (non-hydrogen) atoms. The van der Waals surface area contributed by atoms with Gasteiger partial charge in [0.25, 0.3) is 0 Å². The van der Waals surface area contributed by atoms with Crippen LogP contribution in [0.15, 0.2) is 40.8 Å². The van der Waals surface area contributed by atoms with Gasteiger partial charge in [-0.25, -0.2) is 8.42 Å². The summed E-state index contributed by atoms with van der Waals surface area (Å²) in [6, 6.07) is 6.90. The maximum Gasteiger partial charge on any atom is 0.243 e. The molecule has 4 nitrogen and oxygen atoms in total. The molecule has 0 fully saturated rings. The van der Waals surface area contributed by atoms with Gasteiger partial charge in [-0.3, -0.25) is 0 Å². The second-order valence-corrected chi connectivity index (χ2v) is 7.25. The van der Waals surface area contributed by atoms with Crippen molar-refractivity contribution in [2.75, 3.05) is 19.7 Å². The van der Waals surface area contributed by atoms with Crippen LogP contribution in [0.5, 0.6) is 0 Å². The lowest BCUT2D eigenvalue weighted by molar-refractivity contribution is 0.350. The molecule has 0 saturated carbocycles. The molecular weight excluding hydrogens is 298 g/mol. The van der Waals surface area contributed by atoms with Gasteiger partial charge in [0.1, 0.15) is 6.61 Å². The second-order valence-electron chi connectivity index (χ2n) is 5.31. The predicted molar refractivity (Wildman–Crippen MR) is 86.7 cm³/mol. The van der Waals surface area contributed by atoms with Crippen LogP contribution in [0.4, 0.5) is 0 Å². The van der Waals surface area contributed by atoms with Crippen molar-refractivity contribution >= 4 is 10.0 Å². The maximum atomic E-state index is 12.8. The van der Waals surface area contributed by atoms with E-state index >= 15 is 0 Å². The Labute approximate surface area is 132 Å². The third-order valence-corrected chi connectivity index (χ3v) is 5.49. The van der Waals surface area contributed by atoms with Crippen molar-refractivity contribution in [3.63, 3.8) is 0 Å². The molecule has 0 heterocycles. The molecule has 0 bridgehead atoms. The highest BCUT2D eigenvalue weighted by atomic mass is 32.2. The second kappa shape index (κ2) is 7.59. The Bertz CT molecular complexity index is 694. The van der Waals surface area contributed by atoms with Crippen LogP contribution in [0.2, 0.25) is 0 Å². The van der Waals surface area contributed by atoms with E-state index in [1.165, 1.54) is 4.31 Å². The van der Waals surface area contributed by atoms with Gasteiger partial charge in [0.2, 0.25) is 10.0 Å². The largest absolute Gasteiger partial charge is 0.384 e. The topological polar surface area (TPSA) is 57.6 Å². The van der Waals surface area contributed by atoms with Gasteiger partial charge in [0.15, 0.2) is 0 Å². The van der Waals surface area contributed by atoms with E-state index in [1.54, 1.807) is 24.3 Å². The molecule has 0 aromatic heterocycles. The Balaban J connectivity index is 2.19. The lowest BCUT2D eigenvalue weighted by atomic mass is 9.99. The Kier molecular flexibility index (Phi) is 5.78. The first-order valence-corrected chi connectivity index (χ1v) is 8.79.